The van der Waals surface area contributed by atoms with Crippen molar-refractivity contribution in [2.75, 3.05) is 6.54 Å². The number of hydrogen-bond donors (Lipinski definition) is 2. The monoisotopic (exact) mass is 249 g/mol. The van der Waals surface area contributed by atoms with E-state index in [0.717, 1.165) is 5.82 Å². The van der Waals surface area contributed by atoms with Gasteiger partial charge in [0.05, 0.1) is 10.6 Å². The first-order valence-corrected chi connectivity index (χ1v) is 5.66. The lowest BCUT2D eigenvalue weighted by Crippen LogP contribution is -2.26. The number of carbonyl (C=O) groups is 1. The van der Waals surface area contributed by atoms with Gasteiger partial charge in [-0.1, -0.05) is 23.7 Å². The quantitative estimate of drug-likeness (QED) is 0.871. The summed E-state index contributed by atoms with van der Waals surface area (Å²) >= 11 is 5.92. The summed E-state index contributed by atoms with van der Waals surface area (Å²) in [6.45, 7) is 0.525. The molecule has 2 aromatic rings. The number of halogens is 1. The van der Waals surface area contributed by atoms with Crippen molar-refractivity contribution in [1.82, 2.24) is 15.3 Å². The van der Waals surface area contributed by atoms with Gasteiger partial charge in [0.15, 0.2) is 0 Å². The molecule has 2 rings (SSSR count). The Kier molecular flexibility index (Phi) is 3.77. The summed E-state index contributed by atoms with van der Waals surface area (Å²) in [7, 11) is 0. The predicted octanol–water partition coefficient (Wildman–Crippen LogP) is 2.04. The fraction of sp³-hybridized carbons (Fsp3) is 0.167. The molecule has 0 aliphatic carbocycles. The predicted molar refractivity (Wildman–Crippen MR) is 66.1 cm³/mol. The van der Waals surface area contributed by atoms with Gasteiger partial charge in [0.1, 0.15) is 5.82 Å². The van der Waals surface area contributed by atoms with E-state index in [-0.39, 0.29) is 5.91 Å². The summed E-state index contributed by atoms with van der Waals surface area (Å²) in [5.41, 5.74) is 0.494. The molecule has 1 aromatic carbocycles. The Morgan fingerprint density at radius 1 is 1.41 bits per heavy atom. The van der Waals surface area contributed by atoms with Gasteiger partial charge in [-0.25, -0.2) is 4.98 Å². The van der Waals surface area contributed by atoms with E-state index in [2.05, 4.69) is 15.3 Å². The largest absolute Gasteiger partial charge is 0.352 e. The van der Waals surface area contributed by atoms with Crippen LogP contribution in [-0.2, 0) is 6.42 Å². The number of carbonyl (C=O) groups excluding carboxylic acids is 1. The maximum Gasteiger partial charge on any atom is 0.252 e. The average molecular weight is 250 g/mol. The topological polar surface area (TPSA) is 57.8 Å². The van der Waals surface area contributed by atoms with Crippen molar-refractivity contribution in [3.05, 3.63) is 53.1 Å². The van der Waals surface area contributed by atoms with E-state index in [1.807, 2.05) is 0 Å². The molecule has 0 spiro atoms. The Balaban J connectivity index is 1.88. The van der Waals surface area contributed by atoms with Gasteiger partial charge in [0.25, 0.3) is 5.91 Å². The Bertz CT molecular complexity index is 496. The van der Waals surface area contributed by atoms with Gasteiger partial charge in [-0.3, -0.25) is 4.79 Å². The van der Waals surface area contributed by atoms with Crippen LogP contribution in [0.15, 0.2) is 36.7 Å². The molecule has 0 saturated heterocycles. The summed E-state index contributed by atoms with van der Waals surface area (Å²) in [6, 6.07) is 6.98. The van der Waals surface area contributed by atoms with Crippen LogP contribution in [0.1, 0.15) is 16.2 Å². The smallest absolute Gasteiger partial charge is 0.252 e. The van der Waals surface area contributed by atoms with Gasteiger partial charge in [0.2, 0.25) is 0 Å². The molecular weight excluding hydrogens is 238 g/mol. The first-order chi connectivity index (χ1) is 8.27. The number of imidazole rings is 1. The normalized spacial score (nSPS) is 10.2. The van der Waals surface area contributed by atoms with E-state index in [0.29, 0.717) is 23.6 Å². The van der Waals surface area contributed by atoms with Gasteiger partial charge < -0.3 is 10.3 Å². The van der Waals surface area contributed by atoms with E-state index in [1.54, 1.807) is 36.7 Å². The second-order valence-corrected chi connectivity index (χ2v) is 3.93. The van der Waals surface area contributed by atoms with Crippen LogP contribution in [0, 0.1) is 0 Å². The highest BCUT2D eigenvalue weighted by Crippen LogP contribution is 2.14. The Morgan fingerprint density at radius 2 is 2.24 bits per heavy atom. The van der Waals surface area contributed by atoms with Crippen LogP contribution < -0.4 is 5.32 Å². The summed E-state index contributed by atoms with van der Waals surface area (Å²) in [6.07, 6.45) is 4.11. The first kappa shape index (κ1) is 11.7. The average Bonchev–Trinajstić information content (AvgIpc) is 2.82. The fourth-order valence-electron chi connectivity index (χ4n) is 1.47. The minimum absolute atomic E-state index is 0.165. The highest BCUT2D eigenvalue weighted by Gasteiger charge is 2.08. The zero-order valence-corrected chi connectivity index (χ0v) is 9.87. The second kappa shape index (κ2) is 5.50. The molecule has 0 unspecified atom stereocenters. The standard InChI is InChI=1S/C12H12ClN3O/c13-10-4-2-1-3-9(10)12(17)16-6-5-11-14-7-8-15-11/h1-4,7-8H,5-6H2,(H,14,15)(H,16,17). The lowest BCUT2D eigenvalue weighted by molar-refractivity contribution is 0.0954. The summed E-state index contributed by atoms with van der Waals surface area (Å²) < 4.78 is 0. The zero-order chi connectivity index (χ0) is 12.1. The van der Waals surface area contributed by atoms with E-state index >= 15 is 0 Å². The SMILES string of the molecule is O=C(NCCc1ncc[nH]1)c1ccccc1Cl. The number of hydrogen-bond acceptors (Lipinski definition) is 2. The number of benzene rings is 1. The number of aromatic amines is 1. The van der Waals surface area contributed by atoms with Gasteiger partial charge in [0, 0.05) is 25.4 Å². The third-order valence-electron chi connectivity index (χ3n) is 2.32. The summed E-state index contributed by atoms with van der Waals surface area (Å²) in [5, 5.41) is 3.26. The molecule has 1 amide bonds. The summed E-state index contributed by atoms with van der Waals surface area (Å²) in [4.78, 5) is 18.8. The maximum atomic E-state index is 11.8. The molecular formula is C12H12ClN3O. The minimum atomic E-state index is -0.165. The molecule has 4 nitrogen and oxygen atoms in total. The number of rotatable bonds is 4. The molecule has 0 saturated carbocycles. The van der Waals surface area contributed by atoms with Crippen LogP contribution in [0.2, 0.25) is 5.02 Å². The number of aromatic nitrogens is 2. The molecule has 1 aromatic heterocycles. The van der Waals surface area contributed by atoms with Crippen molar-refractivity contribution in [3.63, 3.8) is 0 Å². The van der Waals surface area contributed by atoms with Crippen LogP contribution >= 0.6 is 11.6 Å². The van der Waals surface area contributed by atoms with E-state index < -0.39 is 0 Å². The van der Waals surface area contributed by atoms with Crippen LogP contribution in [0.25, 0.3) is 0 Å². The zero-order valence-electron chi connectivity index (χ0n) is 9.11. The highest BCUT2D eigenvalue weighted by molar-refractivity contribution is 6.33. The first-order valence-electron chi connectivity index (χ1n) is 5.28. The molecule has 0 aliphatic heterocycles. The van der Waals surface area contributed by atoms with Crippen LogP contribution in [0.4, 0.5) is 0 Å². The fourth-order valence-corrected chi connectivity index (χ4v) is 1.69. The van der Waals surface area contributed by atoms with Crippen molar-refractivity contribution < 1.29 is 4.79 Å². The molecule has 0 fully saturated rings. The number of nitrogens with zero attached hydrogens (tertiary/aromatic N) is 1. The highest BCUT2D eigenvalue weighted by atomic mass is 35.5. The van der Waals surface area contributed by atoms with E-state index in [9.17, 15) is 4.79 Å². The van der Waals surface area contributed by atoms with Crippen molar-refractivity contribution in [1.29, 1.82) is 0 Å². The van der Waals surface area contributed by atoms with Crippen LogP contribution in [0.3, 0.4) is 0 Å². The van der Waals surface area contributed by atoms with Gasteiger partial charge >= 0.3 is 0 Å². The van der Waals surface area contributed by atoms with Crippen LogP contribution in [-0.4, -0.2) is 22.4 Å². The van der Waals surface area contributed by atoms with Gasteiger partial charge in [-0.2, -0.15) is 0 Å². The third kappa shape index (κ3) is 3.07. The molecule has 88 valence electrons. The Labute approximate surface area is 104 Å². The minimum Gasteiger partial charge on any atom is -0.352 e. The molecule has 0 atom stereocenters. The van der Waals surface area contributed by atoms with E-state index in [1.165, 1.54) is 0 Å². The number of amides is 1. The Morgan fingerprint density at radius 3 is 2.94 bits per heavy atom. The second-order valence-electron chi connectivity index (χ2n) is 3.52. The van der Waals surface area contributed by atoms with Gasteiger partial charge in [-0.15, -0.1) is 0 Å². The molecule has 0 bridgehead atoms. The van der Waals surface area contributed by atoms with E-state index in [4.69, 9.17) is 11.6 Å². The van der Waals surface area contributed by atoms with Gasteiger partial charge in [-0.05, 0) is 12.1 Å². The molecule has 5 heteroatoms. The molecule has 0 radical (unpaired) electrons. The lowest BCUT2D eigenvalue weighted by Gasteiger charge is -2.05. The molecule has 17 heavy (non-hydrogen) atoms. The number of H-pyrrole nitrogens is 1. The Hall–Kier alpha value is -1.81. The lowest BCUT2D eigenvalue weighted by atomic mass is 10.2. The van der Waals surface area contributed by atoms with Crippen LogP contribution in [0.5, 0.6) is 0 Å². The molecule has 0 aliphatic rings. The number of nitrogens with one attached hydrogen (secondary N) is 2. The third-order valence-corrected chi connectivity index (χ3v) is 2.65. The molecule has 2 N–H and O–H groups in total. The maximum absolute atomic E-state index is 11.8. The van der Waals surface area contributed by atoms with Crippen molar-refractivity contribution in [2.24, 2.45) is 0 Å². The molecule has 1 heterocycles. The van der Waals surface area contributed by atoms with Crippen molar-refractivity contribution in [2.45, 2.75) is 6.42 Å². The van der Waals surface area contributed by atoms with Crippen molar-refractivity contribution in [3.8, 4) is 0 Å². The summed E-state index contributed by atoms with van der Waals surface area (Å²) in [5.74, 6) is 0.687. The van der Waals surface area contributed by atoms with Crippen molar-refractivity contribution >= 4 is 17.5 Å².